The van der Waals surface area contributed by atoms with Crippen LogP contribution in [0.3, 0.4) is 0 Å². The molecule has 0 heterocycles. The van der Waals surface area contributed by atoms with Gasteiger partial charge in [-0.2, -0.15) is 0 Å². The van der Waals surface area contributed by atoms with E-state index in [4.69, 9.17) is 4.74 Å². The van der Waals surface area contributed by atoms with Gasteiger partial charge in [-0.3, -0.25) is 9.59 Å². The van der Waals surface area contributed by atoms with Crippen LogP contribution in [-0.2, 0) is 23.9 Å². The molecule has 0 fully saturated rings. The van der Waals surface area contributed by atoms with E-state index in [9.17, 15) is 24.3 Å². The molecule has 0 aliphatic rings. The van der Waals surface area contributed by atoms with Crippen molar-refractivity contribution in [3.8, 4) is 0 Å². The van der Waals surface area contributed by atoms with Crippen LogP contribution in [0.25, 0.3) is 0 Å². The van der Waals surface area contributed by atoms with E-state index < -0.39 is 24.0 Å². The Labute approximate surface area is 243 Å². The zero-order valence-electron chi connectivity index (χ0n) is 24.7. The molecule has 0 saturated heterocycles. The fourth-order valence-corrected chi connectivity index (χ4v) is 6.04. The Morgan fingerprint density at radius 1 is 0.667 bits per heavy atom. The molecule has 39 heavy (non-hydrogen) atoms. The minimum atomic E-state index is -1.10. The van der Waals surface area contributed by atoms with Crippen LogP contribution in [0.4, 0.5) is 0 Å². The zero-order valence-corrected chi connectivity index (χ0v) is 26.3. The number of methoxy groups -OCH3 is 1. The second-order valence-corrected chi connectivity index (χ2v) is 12.9. The maximum Gasteiger partial charge on any atom is 0.329 e. The summed E-state index contributed by atoms with van der Waals surface area (Å²) in [5, 5.41) is 14.8. The van der Waals surface area contributed by atoms with E-state index in [2.05, 4.69) is 34.5 Å². The van der Waals surface area contributed by atoms with Crippen LogP contribution in [0, 0.1) is 0 Å². The lowest BCUT2D eigenvalue weighted by atomic mass is 10.1. The molecular weight excluding hydrogens is 540 g/mol. The van der Waals surface area contributed by atoms with Gasteiger partial charge in [0, 0.05) is 24.3 Å². The van der Waals surface area contributed by atoms with E-state index in [0.29, 0.717) is 12.8 Å². The number of ether oxygens (including phenoxy) is 1. The first-order valence-electron chi connectivity index (χ1n) is 14.0. The van der Waals surface area contributed by atoms with E-state index in [-0.39, 0.29) is 23.3 Å². The van der Waals surface area contributed by atoms with Crippen LogP contribution in [0.1, 0.15) is 77.0 Å². The van der Waals surface area contributed by atoms with Gasteiger partial charge in [0.25, 0.3) is 0 Å². The highest BCUT2D eigenvalue weighted by molar-refractivity contribution is 8.76. The molecule has 3 N–H and O–H groups in total. The number of unbranched alkanes of at least 4 members (excludes halogenated alkanes) is 8. The van der Waals surface area contributed by atoms with Crippen molar-refractivity contribution in [3.63, 3.8) is 0 Å². The molecule has 2 amide bonds. The summed E-state index contributed by atoms with van der Waals surface area (Å²) in [6, 6.07) is -1.82. The molecule has 0 spiro atoms. The van der Waals surface area contributed by atoms with Gasteiger partial charge in [0.2, 0.25) is 11.8 Å². The molecular formula is C27H52N4O6S2. The first-order valence-corrected chi connectivity index (χ1v) is 16.5. The number of esters is 1. The lowest BCUT2D eigenvalue weighted by Gasteiger charge is -2.17. The molecule has 0 aromatic carbocycles. The molecule has 0 aromatic rings. The van der Waals surface area contributed by atoms with E-state index in [1.54, 1.807) is 0 Å². The summed E-state index contributed by atoms with van der Waals surface area (Å²) in [6.07, 6.45) is 10.7. The van der Waals surface area contributed by atoms with Crippen molar-refractivity contribution in [3.05, 3.63) is 0 Å². The van der Waals surface area contributed by atoms with E-state index in [1.807, 2.05) is 14.1 Å². The molecule has 0 saturated carbocycles. The highest BCUT2D eigenvalue weighted by Crippen LogP contribution is 2.23. The first kappa shape index (κ1) is 37.5. The smallest absolute Gasteiger partial charge is 0.329 e. The fourth-order valence-electron chi connectivity index (χ4n) is 3.74. The molecule has 12 heteroatoms. The number of aliphatic carboxylic acids is 1. The predicted octanol–water partition coefficient (Wildman–Crippen LogP) is 3.40. The molecule has 2 unspecified atom stereocenters. The number of amides is 2. The Kier molecular flexibility index (Phi) is 23.4. The van der Waals surface area contributed by atoms with Gasteiger partial charge in [-0.25, -0.2) is 9.59 Å². The van der Waals surface area contributed by atoms with Crippen LogP contribution in [0.15, 0.2) is 0 Å². The second-order valence-electron chi connectivity index (χ2n) is 10.3. The number of hydrogen-bond donors (Lipinski definition) is 3. The monoisotopic (exact) mass is 592 g/mol. The third-order valence-corrected chi connectivity index (χ3v) is 8.45. The van der Waals surface area contributed by atoms with Crippen molar-refractivity contribution >= 4 is 45.3 Å². The number of nitrogens with one attached hydrogen (secondary N) is 2. The summed E-state index contributed by atoms with van der Waals surface area (Å²) in [5.41, 5.74) is 0. The summed E-state index contributed by atoms with van der Waals surface area (Å²) < 4.78 is 4.82. The lowest BCUT2D eigenvalue weighted by molar-refractivity contribution is -0.144. The number of hydrogen-bond acceptors (Lipinski definition) is 9. The van der Waals surface area contributed by atoms with Gasteiger partial charge in [0.1, 0.15) is 12.1 Å². The van der Waals surface area contributed by atoms with Crippen LogP contribution >= 0.6 is 21.6 Å². The van der Waals surface area contributed by atoms with Crippen molar-refractivity contribution in [1.82, 2.24) is 20.4 Å². The molecule has 2 atom stereocenters. The number of nitrogens with zero attached hydrogens (tertiary/aromatic N) is 2. The van der Waals surface area contributed by atoms with E-state index in [0.717, 1.165) is 77.3 Å². The number of carbonyl (C=O) groups is 4. The molecule has 0 aromatic heterocycles. The number of rotatable bonds is 25. The SMILES string of the molecule is COC(=O)C(CSSCC(NC(=O)CCCCCCCN(C)C)C(=O)O)NC(=O)CCCCCCCN(C)C. The van der Waals surface area contributed by atoms with Crippen molar-refractivity contribution in [2.75, 3.05) is 59.9 Å². The third-order valence-electron chi connectivity index (χ3n) is 6.03. The topological polar surface area (TPSA) is 128 Å². The molecule has 0 aliphatic carbocycles. The van der Waals surface area contributed by atoms with Gasteiger partial charge in [-0.15, -0.1) is 0 Å². The van der Waals surface area contributed by atoms with Crippen LogP contribution in [0.2, 0.25) is 0 Å². The summed E-state index contributed by atoms with van der Waals surface area (Å²) in [5.74, 6) is -1.71. The van der Waals surface area contributed by atoms with E-state index >= 15 is 0 Å². The summed E-state index contributed by atoms with van der Waals surface area (Å²) >= 11 is 0. The van der Waals surface area contributed by atoms with Crippen LogP contribution in [0.5, 0.6) is 0 Å². The minimum Gasteiger partial charge on any atom is -0.480 e. The highest BCUT2D eigenvalue weighted by Gasteiger charge is 2.23. The fraction of sp³-hybridized carbons (Fsp3) is 0.852. The third kappa shape index (κ3) is 23.0. The summed E-state index contributed by atoms with van der Waals surface area (Å²) in [7, 11) is 12.0. The Bertz CT molecular complexity index is 697. The molecule has 10 nitrogen and oxygen atoms in total. The molecule has 0 bridgehead atoms. The normalized spacial score (nSPS) is 12.8. The molecule has 0 rings (SSSR count). The van der Waals surface area contributed by atoms with E-state index in [1.165, 1.54) is 28.7 Å². The predicted molar refractivity (Wildman–Crippen MR) is 161 cm³/mol. The number of carboxylic acid groups (broad SMARTS) is 1. The maximum absolute atomic E-state index is 12.3. The van der Waals surface area contributed by atoms with Gasteiger partial charge >= 0.3 is 11.9 Å². The number of carbonyl (C=O) groups excluding carboxylic acids is 3. The summed E-state index contributed by atoms with van der Waals surface area (Å²) in [6.45, 7) is 2.12. The highest BCUT2D eigenvalue weighted by atomic mass is 33.1. The van der Waals surface area contributed by atoms with Crippen molar-refractivity contribution < 1.29 is 29.0 Å². The largest absolute Gasteiger partial charge is 0.480 e. The second kappa shape index (κ2) is 24.3. The zero-order chi connectivity index (χ0) is 29.5. The van der Waals surface area contributed by atoms with Gasteiger partial charge in [0.15, 0.2) is 0 Å². The molecule has 228 valence electrons. The lowest BCUT2D eigenvalue weighted by Crippen LogP contribution is -2.43. The quantitative estimate of drug-likeness (QED) is 0.0824. The summed E-state index contributed by atoms with van der Waals surface area (Å²) in [4.78, 5) is 52.6. The Balaban J connectivity index is 4.26. The van der Waals surface area contributed by atoms with Crippen LogP contribution in [-0.4, -0.2) is 111 Å². The maximum atomic E-state index is 12.3. The standard InChI is InChI=1S/C27H52N4O6S2/c1-30(2)18-14-10-6-8-12-16-24(32)28-22(26(34)35)20-38-39-21-23(27(36)37-5)29-25(33)17-13-9-7-11-15-19-31(3)4/h22-23H,6-21H2,1-5H3,(H,28,32)(H,29,33)(H,34,35). The Hall–Kier alpha value is -1.50. The van der Waals surface area contributed by atoms with Crippen LogP contribution < -0.4 is 10.6 Å². The van der Waals surface area contributed by atoms with Gasteiger partial charge < -0.3 is 30.3 Å². The molecule has 0 radical (unpaired) electrons. The van der Waals surface area contributed by atoms with Gasteiger partial charge in [-0.1, -0.05) is 60.1 Å². The van der Waals surface area contributed by atoms with Crippen molar-refractivity contribution in [1.29, 1.82) is 0 Å². The minimum absolute atomic E-state index is 0.145. The average molecular weight is 593 g/mol. The first-order chi connectivity index (χ1) is 18.6. The average Bonchev–Trinajstić information content (AvgIpc) is 2.87. The van der Waals surface area contributed by atoms with Crippen molar-refractivity contribution in [2.45, 2.75) is 89.1 Å². The molecule has 0 aliphatic heterocycles. The van der Waals surface area contributed by atoms with Gasteiger partial charge in [-0.05, 0) is 67.0 Å². The van der Waals surface area contributed by atoms with Gasteiger partial charge in [0.05, 0.1) is 7.11 Å². The number of carboxylic acids is 1. The Morgan fingerprint density at radius 2 is 1.05 bits per heavy atom. The van der Waals surface area contributed by atoms with Crippen molar-refractivity contribution in [2.24, 2.45) is 0 Å². The Morgan fingerprint density at radius 3 is 1.46 bits per heavy atom.